The topological polar surface area (TPSA) is 58.9 Å². The Balaban J connectivity index is 1.26. The smallest absolute Gasteiger partial charge is 0.171 e. The predicted molar refractivity (Wildman–Crippen MR) is 119 cm³/mol. The van der Waals surface area contributed by atoms with Crippen LogP contribution >= 0.6 is 0 Å². The lowest BCUT2D eigenvalue weighted by molar-refractivity contribution is -0.273. The third kappa shape index (κ3) is 2.80. The lowest BCUT2D eigenvalue weighted by Crippen LogP contribution is -2.57. The molecule has 1 spiro atoms. The van der Waals surface area contributed by atoms with Crippen molar-refractivity contribution in [1.82, 2.24) is 0 Å². The van der Waals surface area contributed by atoms with E-state index in [9.17, 15) is 10.2 Å². The maximum absolute atomic E-state index is 10.6. The Hall–Kier alpha value is -0.160. The molecule has 2 saturated heterocycles. The number of fused-ring (bicyclic) bond motifs is 7. The van der Waals surface area contributed by atoms with Crippen LogP contribution in [0.2, 0.25) is 0 Å². The first-order valence-corrected chi connectivity index (χ1v) is 13.4. The van der Waals surface area contributed by atoms with Crippen LogP contribution in [-0.4, -0.2) is 40.9 Å². The van der Waals surface area contributed by atoms with Crippen LogP contribution < -0.4 is 0 Å². The zero-order chi connectivity index (χ0) is 21.8. The summed E-state index contributed by atoms with van der Waals surface area (Å²) in [5.74, 6) is 4.21. The first kappa shape index (κ1) is 21.4. The fourth-order valence-corrected chi connectivity index (χ4v) is 10.3. The molecule has 176 valence electrons. The largest absolute Gasteiger partial charge is 0.390 e. The quantitative estimate of drug-likeness (QED) is 0.579. The summed E-state index contributed by atoms with van der Waals surface area (Å²) >= 11 is 0. The minimum Gasteiger partial charge on any atom is -0.390 e. The first-order valence-electron chi connectivity index (χ1n) is 13.4. The zero-order valence-corrected chi connectivity index (χ0v) is 20.1. The maximum atomic E-state index is 10.6. The molecule has 4 aliphatic carbocycles. The van der Waals surface area contributed by atoms with E-state index in [0.29, 0.717) is 41.1 Å². The van der Waals surface area contributed by atoms with Crippen LogP contribution in [-0.2, 0) is 9.47 Å². The molecule has 6 aliphatic rings. The lowest BCUT2D eigenvalue weighted by atomic mass is 9.44. The van der Waals surface area contributed by atoms with Gasteiger partial charge in [-0.1, -0.05) is 27.7 Å². The highest BCUT2D eigenvalue weighted by atomic mass is 16.7. The summed E-state index contributed by atoms with van der Waals surface area (Å²) < 4.78 is 13.3. The minimum absolute atomic E-state index is 0.191. The molecule has 0 radical (unpaired) electrons. The summed E-state index contributed by atoms with van der Waals surface area (Å²) in [4.78, 5) is 0. The summed E-state index contributed by atoms with van der Waals surface area (Å²) in [5.41, 5.74) is 0.550. The van der Waals surface area contributed by atoms with E-state index in [0.717, 1.165) is 37.7 Å². The van der Waals surface area contributed by atoms with Gasteiger partial charge in [0.2, 0.25) is 0 Å². The van der Waals surface area contributed by atoms with E-state index in [1.54, 1.807) is 0 Å². The second-order valence-electron chi connectivity index (χ2n) is 13.2. The molecule has 4 heteroatoms. The molecule has 0 aromatic heterocycles. The van der Waals surface area contributed by atoms with Crippen molar-refractivity contribution in [2.24, 2.45) is 52.3 Å². The third-order valence-electron chi connectivity index (χ3n) is 12.0. The van der Waals surface area contributed by atoms with E-state index >= 15 is 0 Å². The monoisotopic (exact) mass is 432 g/mol. The van der Waals surface area contributed by atoms with Gasteiger partial charge in [-0.3, -0.25) is 0 Å². The van der Waals surface area contributed by atoms with E-state index < -0.39 is 12.2 Å². The molecule has 0 aromatic carbocycles. The van der Waals surface area contributed by atoms with Crippen LogP contribution in [0.25, 0.3) is 0 Å². The Morgan fingerprint density at radius 2 is 1.65 bits per heavy atom. The molecule has 0 bridgehead atoms. The van der Waals surface area contributed by atoms with Crippen LogP contribution in [0, 0.1) is 52.3 Å². The average Bonchev–Trinajstić information content (AvgIpc) is 3.16. The molecule has 6 fully saturated rings. The second kappa shape index (κ2) is 6.93. The van der Waals surface area contributed by atoms with Gasteiger partial charge < -0.3 is 19.7 Å². The Labute approximate surface area is 188 Å². The first-order chi connectivity index (χ1) is 14.7. The van der Waals surface area contributed by atoms with Crippen molar-refractivity contribution in [1.29, 1.82) is 0 Å². The van der Waals surface area contributed by atoms with Gasteiger partial charge in [-0.15, -0.1) is 0 Å². The van der Waals surface area contributed by atoms with E-state index in [4.69, 9.17) is 9.47 Å². The molecule has 31 heavy (non-hydrogen) atoms. The van der Waals surface area contributed by atoms with Crippen LogP contribution in [0.3, 0.4) is 0 Å². The molecule has 9 unspecified atom stereocenters. The fourth-order valence-electron chi connectivity index (χ4n) is 10.3. The van der Waals surface area contributed by atoms with Gasteiger partial charge in [0.1, 0.15) is 0 Å². The zero-order valence-electron chi connectivity index (χ0n) is 20.1. The van der Waals surface area contributed by atoms with E-state index in [1.165, 1.54) is 38.5 Å². The fraction of sp³-hybridized carbons (Fsp3) is 1.00. The van der Waals surface area contributed by atoms with Gasteiger partial charge in [0.05, 0.1) is 24.9 Å². The second-order valence-corrected chi connectivity index (χ2v) is 13.2. The highest BCUT2D eigenvalue weighted by Gasteiger charge is 2.69. The molecular formula is C27H44O4. The van der Waals surface area contributed by atoms with Crippen molar-refractivity contribution in [2.75, 3.05) is 6.61 Å². The number of ether oxygens (including phenoxy) is 2. The molecule has 4 nitrogen and oxygen atoms in total. The highest BCUT2D eigenvalue weighted by molar-refractivity contribution is 5.15. The summed E-state index contributed by atoms with van der Waals surface area (Å²) in [5, 5.41) is 20.9. The van der Waals surface area contributed by atoms with E-state index in [2.05, 4.69) is 27.7 Å². The summed E-state index contributed by atoms with van der Waals surface area (Å²) in [7, 11) is 0. The molecule has 2 aliphatic heterocycles. The number of rotatable bonds is 0. The van der Waals surface area contributed by atoms with Crippen LogP contribution in [0.5, 0.6) is 0 Å². The van der Waals surface area contributed by atoms with Gasteiger partial charge in [0, 0.05) is 12.3 Å². The molecule has 4 saturated carbocycles. The lowest BCUT2D eigenvalue weighted by Gasteiger charge is -2.61. The molecule has 6 rings (SSSR count). The molecule has 2 N–H and O–H groups in total. The Morgan fingerprint density at radius 3 is 2.39 bits per heavy atom. The van der Waals surface area contributed by atoms with Crippen LogP contribution in [0.1, 0.15) is 85.5 Å². The Bertz CT molecular complexity index is 716. The van der Waals surface area contributed by atoms with Gasteiger partial charge in [0.15, 0.2) is 5.79 Å². The Morgan fingerprint density at radius 1 is 0.839 bits per heavy atom. The summed E-state index contributed by atoms with van der Waals surface area (Å²) in [6, 6.07) is 0. The summed E-state index contributed by atoms with van der Waals surface area (Å²) in [6.45, 7) is 10.6. The van der Waals surface area contributed by atoms with E-state index in [-0.39, 0.29) is 11.2 Å². The van der Waals surface area contributed by atoms with Crippen molar-refractivity contribution in [2.45, 2.75) is 110 Å². The van der Waals surface area contributed by atoms with Crippen LogP contribution in [0.4, 0.5) is 0 Å². The molecule has 0 amide bonds. The molecule has 0 aromatic rings. The van der Waals surface area contributed by atoms with Gasteiger partial charge in [0.25, 0.3) is 0 Å². The van der Waals surface area contributed by atoms with Crippen LogP contribution in [0.15, 0.2) is 0 Å². The number of aliphatic hydroxyl groups is 2. The molecular weight excluding hydrogens is 388 g/mol. The SMILES string of the molecule is CC1CCC2(OC1)OC1CC3C4CC[C@@H]5CC(O)[C@H](O)C[C@]5(C)C4CC[C@]3(C)C1C2C. The minimum atomic E-state index is -0.537. The van der Waals surface area contributed by atoms with Crippen molar-refractivity contribution < 1.29 is 19.7 Å². The van der Waals surface area contributed by atoms with Gasteiger partial charge >= 0.3 is 0 Å². The maximum Gasteiger partial charge on any atom is 0.171 e. The number of hydrogen-bond acceptors (Lipinski definition) is 4. The van der Waals surface area contributed by atoms with Crippen molar-refractivity contribution >= 4 is 0 Å². The van der Waals surface area contributed by atoms with Crippen molar-refractivity contribution in [3.63, 3.8) is 0 Å². The van der Waals surface area contributed by atoms with Gasteiger partial charge in [-0.2, -0.15) is 0 Å². The summed E-state index contributed by atoms with van der Waals surface area (Å²) in [6.07, 6.45) is 9.51. The number of aliphatic hydroxyl groups excluding tert-OH is 2. The predicted octanol–water partition coefficient (Wildman–Crippen LogP) is 4.76. The van der Waals surface area contributed by atoms with Crippen molar-refractivity contribution in [3.8, 4) is 0 Å². The highest BCUT2D eigenvalue weighted by Crippen LogP contribution is 2.71. The normalized spacial score (nSPS) is 63.3. The van der Waals surface area contributed by atoms with Crippen molar-refractivity contribution in [3.05, 3.63) is 0 Å². The van der Waals surface area contributed by atoms with Gasteiger partial charge in [-0.05, 0) is 97.7 Å². The van der Waals surface area contributed by atoms with Gasteiger partial charge in [-0.25, -0.2) is 0 Å². The average molecular weight is 433 g/mol. The standard InChI is InChI=1S/C27H44O4/c1-15-7-10-27(30-14-15)16(2)24-23(31-27)12-20-18-6-5-17-11-21(28)22(29)13-26(17,4)19(18)8-9-25(20,24)3/h15-24,28-29H,5-14H2,1-4H3/t15?,16?,17-,18?,19?,20?,21?,22-,23?,24?,25+,26+,27?/m1/s1. The number of hydrogen-bond donors (Lipinski definition) is 2. The Kier molecular flexibility index (Phi) is 4.78. The molecule has 13 atom stereocenters. The van der Waals surface area contributed by atoms with E-state index in [1.807, 2.05) is 0 Å². The molecule has 2 heterocycles. The third-order valence-corrected chi connectivity index (χ3v) is 12.0.